The van der Waals surface area contributed by atoms with Crippen molar-refractivity contribution in [1.29, 1.82) is 0 Å². The van der Waals surface area contributed by atoms with Crippen molar-refractivity contribution in [3.8, 4) is 0 Å². The van der Waals surface area contributed by atoms with Crippen LogP contribution in [0.15, 0.2) is 0 Å². The van der Waals surface area contributed by atoms with Crippen LogP contribution in [-0.2, 0) is 23.1 Å². The van der Waals surface area contributed by atoms with Gasteiger partial charge in [-0.2, -0.15) is 0 Å². The summed E-state index contributed by atoms with van der Waals surface area (Å²) in [5.41, 5.74) is 0. The van der Waals surface area contributed by atoms with Crippen LogP contribution >= 0.6 is 12.4 Å². The van der Waals surface area contributed by atoms with E-state index in [0.717, 1.165) is 18.3 Å². The quantitative estimate of drug-likeness (QED) is 0.453. The Hall–Kier alpha value is 0.583. The van der Waals surface area contributed by atoms with E-state index in [-0.39, 0.29) is 12.4 Å². The summed E-state index contributed by atoms with van der Waals surface area (Å²) < 4.78 is 0.292. The van der Waals surface area contributed by atoms with Crippen molar-refractivity contribution in [2.45, 2.75) is 6.92 Å². The summed E-state index contributed by atoms with van der Waals surface area (Å²) in [5, 5.41) is 0. The van der Waals surface area contributed by atoms with Gasteiger partial charge in [0.25, 0.3) is 0 Å². The molecule has 27 valence electrons. The van der Waals surface area contributed by atoms with E-state index >= 15 is 0 Å². The molecule has 0 saturated heterocycles. The summed E-state index contributed by atoms with van der Waals surface area (Å²) >= 11 is 0.792. The second kappa shape index (κ2) is 4.58. The predicted molar refractivity (Wildman–Crippen MR) is 17.9 cm³/mol. The summed E-state index contributed by atoms with van der Waals surface area (Å²) in [6.07, 6.45) is 0. The molecule has 0 unspecified atom stereocenters. The number of hydrogen-bond acceptors (Lipinski definition) is 1. The molecule has 0 aliphatic carbocycles. The van der Waals surface area contributed by atoms with Gasteiger partial charge in [0.15, 0.2) is 0 Å². The molecule has 0 radical (unpaired) electrons. The van der Waals surface area contributed by atoms with E-state index in [1.54, 1.807) is 6.92 Å². The zero-order valence-electron chi connectivity index (χ0n) is 3.02. The Morgan fingerprint density at radius 2 is 1.80 bits per heavy atom. The largest absolute Gasteiger partial charge is 0.147 e. The monoisotopic (exact) mass is 143 g/mol. The number of carbonyl (C=O) groups excluding carboxylic acids is 1. The fourth-order valence-corrected chi connectivity index (χ4v) is 0. The van der Waals surface area contributed by atoms with Crippen LogP contribution in [0.4, 0.5) is 0 Å². The van der Waals surface area contributed by atoms with E-state index in [9.17, 15) is 4.79 Å². The van der Waals surface area contributed by atoms with Crippen molar-refractivity contribution in [3.63, 3.8) is 0 Å². The first-order chi connectivity index (χ1) is 1.73. The van der Waals surface area contributed by atoms with Crippen LogP contribution in [0.2, 0.25) is 0 Å². The van der Waals surface area contributed by atoms with Crippen LogP contribution in [0.1, 0.15) is 6.92 Å². The average Bonchev–Trinajstić information content (AvgIpc) is 0.811. The Morgan fingerprint density at radius 3 is 1.80 bits per heavy atom. The molecule has 0 N–H and O–H groups in total. The molecule has 0 aliphatic heterocycles. The standard InChI is InChI=1S/C2H3O.ClH.Zn/c1-2-3;;/h1H3;1H;. The third-order valence-corrected chi connectivity index (χ3v) is 0. The van der Waals surface area contributed by atoms with Crippen LogP contribution in [0.5, 0.6) is 0 Å². The molecular weight excluding hydrogens is 141 g/mol. The predicted octanol–water partition coefficient (Wildman–Crippen LogP) is 0.502. The van der Waals surface area contributed by atoms with Gasteiger partial charge < -0.3 is 0 Å². The van der Waals surface area contributed by atoms with Gasteiger partial charge in [0, 0.05) is 0 Å². The molecule has 0 aliphatic rings. The smallest absolute Gasteiger partial charge is 0.147 e. The molecule has 0 bridgehead atoms. The summed E-state index contributed by atoms with van der Waals surface area (Å²) in [7, 11) is 0. The van der Waals surface area contributed by atoms with Crippen molar-refractivity contribution >= 4 is 16.8 Å². The summed E-state index contributed by atoms with van der Waals surface area (Å²) in [4.78, 5) is 9.50. The van der Waals surface area contributed by atoms with Crippen molar-refractivity contribution in [2.24, 2.45) is 0 Å². The Kier molecular flexibility index (Phi) is 8.37. The van der Waals surface area contributed by atoms with Crippen molar-refractivity contribution in [3.05, 3.63) is 0 Å². The molecule has 1 nitrogen and oxygen atoms in total. The second-order valence-electron chi connectivity index (χ2n) is 0.702. The number of hydrogen-bond donors (Lipinski definition) is 0. The van der Waals surface area contributed by atoms with E-state index in [1.165, 1.54) is 0 Å². The maximum Gasteiger partial charge on any atom is -0.147 e. The first-order valence-electron chi connectivity index (χ1n) is 1.06. The molecule has 0 amide bonds. The zero-order valence-corrected chi connectivity index (χ0v) is 6.81. The van der Waals surface area contributed by atoms with Gasteiger partial charge in [0.2, 0.25) is 0 Å². The Labute approximate surface area is 47.2 Å². The van der Waals surface area contributed by atoms with Gasteiger partial charge >= 0.3 is 34.4 Å². The Balaban J connectivity index is 0. The van der Waals surface area contributed by atoms with Crippen LogP contribution < -0.4 is 0 Å². The fraction of sp³-hybridized carbons (Fsp3) is 0.500. The second-order valence-corrected chi connectivity index (χ2v) is 2.79. The first-order valence-corrected chi connectivity index (χ1v) is 2.54. The summed E-state index contributed by atoms with van der Waals surface area (Å²) in [5.74, 6) is 0. The SMILES string of the molecule is C[C](=O)[Zn].Cl. The molecule has 0 saturated carbocycles. The molecule has 3 heteroatoms. The maximum atomic E-state index is 9.50. The van der Waals surface area contributed by atoms with E-state index in [0.29, 0.717) is 4.38 Å². The molecule has 0 rings (SSSR count). The third-order valence-electron chi connectivity index (χ3n) is 0. The number of halogens is 1. The zero-order chi connectivity index (χ0) is 3.58. The van der Waals surface area contributed by atoms with Crippen molar-refractivity contribution < 1.29 is 23.1 Å². The van der Waals surface area contributed by atoms with E-state index in [2.05, 4.69) is 0 Å². The van der Waals surface area contributed by atoms with E-state index < -0.39 is 0 Å². The molecule has 0 atom stereocenters. The molecule has 0 spiro atoms. The molecular formula is C2H4ClOZn. The van der Waals surface area contributed by atoms with Gasteiger partial charge in [-0.1, -0.05) is 0 Å². The van der Waals surface area contributed by atoms with E-state index in [4.69, 9.17) is 0 Å². The minimum atomic E-state index is 0. The summed E-state index contributed by atoms with van der Waals surface area (Å²) in [6.45, 7) is 1.58. The Morgan fingerprint density at radius 1 is 1.80 bits per heavy atom. The number of rotatable bonds is 0. The van der Waals surface area contributed by atoms with Crippen LogP contribution in [0.3, 0.4) is 0 Å². The first kappa shape index (κ1) is 9.13. The normalized spacial score (nSPS) is 5.40. The average molecular weight is 145 g/mol. The van der Waals surface area contributed by atoms with Crippen molar-refractivity contribution in [2.75, 3.05) is 0 Å². The maximum absolute atomic E-state index is 9.50. The minimum Gasteiger partial charge on any atom is -0.147 e. The Bertz CT molecular complexity index is 32.6. The fourth-order valence-electron chi connectivity index (χ4n) is 0. The third kappa shape index (κ3) is 89.9. The van der Waals surface area contributed by atoms with Crippen LogP contribution in [0, 0.1) is 0 Å². The molecule has 0 heterocycles. The molecule has 0 aromatic rings. The van der Waals surface area contributed by atoms with Crippen molar-refractivity contribution in [1.82, 2.24) is 0 Å². The van der Waals surface area contributed by atoms with Gasteiger partial charge in [-0.3, -0.25) is 0 Å². The topological polar surface area (TPSA) is 17.1 Å². The van der Waals surface area contributed by atoms with E-state index in [1.807, 2.05) is 0 Å². The molecule has 0 aromatic carbocycles. The molecule has 0 fully saturated rings. The van der Waals surface area contributed by atoms with Gasteiger partial charge in [0.05, 0.1) is 0 Å². The van der Waals surface area contributed by atoms with Gasteiger partial charge in [-0.05, 0) is 0 Å². The van der Waals surface area contributed by atoms with Gasteiger partial charge in [-0.15, -0.1) is 12.4 Å². The van der Waals surface area contributed by atoms with Gasteiger partial charge in [0.1, 0.15) is 0 Å². The van der Waals surface area contributed by atoms with Gasteiger partial charge in [-0.25, -0.2) is 0 Å². The van der Waals surface area contributed by atoms with Crippen LogP contribution in [-0.4, -0.2) is 4.38 Å². The van der Waals surface area contributed by atoms with Crippen LogP contribution in [0.25, 0.3) is 0 Å². The molecule has 5 heavy (non-hydrogen) atoms. The minimum absolute atomic E-state index is 0. The molecule has 0 aromatic heterocycles. The summed E-state index contributed by atoms with van der Waals surface area (Å²) in [6, 6.07) is 0. The number of carbonyl (C=O) groups is 1.